The molecule has 2 heteroatoms. The van der Waals surface area contributed by atoms with Gasteiger partial charge in [0.05, 0.1) is 6.10 Å². The van der Waals surface area contributed by atoms with Gasteiger partial charge in [-0.15, -0.1) is 29.8 Å². The molecule has 98 valence electrons. The lowest BCUT2D eigenvalue weighted by molar-refractivity contribution is 0.0854. The van der Waals surface area contributed by atoms with E-state index in [1.807, 2.05) is 18.2 Å². The molecule has 2 aromatic carbocycles. The molecule has 2 aliphatic rings. The quantitative estimate of drug-likeness (QED) is 0.438. The highest BCUT2D eigenvalue weighted by atomic mass is 16.5. The number of hydrogen-bond acceptors (Lipinski definition) is 1. The lowest BCUT2D eigenvalue weighted by Gasteiger charge is -2.27. The first-order valence-electron chi connectivity index (χ1n) is 6.73. The SMILES string of the molecule is C[O+]=C=C1[C-](c2ccccc2)C2OC1c1ccccc12. The number of hydrogen-bond donors (Lipinski definition) is 0. The Bertz CT molecular complexity index is 711. The van der Waals surface area contributed by atoms with Crippen LogP contribution in [0.5, 0.6) is 0 Å². The maximum absolute atomic E-state index is 6.16. The molecule has 1 saturated heterocycles. The van der Waals surface area contributed by atoms with Gasteiger partial charge in [0, 0.05) is 5.57 Å². The predicted molar refractivity (Wildman–Crippen MR) is 76.9 cm³/mol. The molecule has 0 amide bonds. The van der Waals surface area contributed by atoms with Crippen LogP contribution >= 0.6 is 0 Å². The van der Waals surface area contributed by atoms with Crippen LogP contribution < -0.4 is 0 Å². The van der Waals surface area contributed by atoms with Crippen molar-refractivity contribution >= 4 is 5.94 Å². The molecule has 0 saturated carbocycles. The fourth-order valence-electron chi connectivity index (χ4n) is 3.14. The minimum atomic E-state index is -0.0497. The Morgan fingerprint density at radius 2 is 1.70 bits per heavy atom. The second kappa shape index (κ2) is 4.38. The third-order valence-electron chi connectivity index (χ3n) is 3.94. The van der Waals surface area contributed by atoms with Crippen molar-refractivity contribution in [3.8, 4) is 0 Å². The summed E-state index contributed by atoms with van der Waals surface area (Å²) >= 11 is 0. The molecule has 4 rings (SSSR count). The molecule has 0 spiro atoms. The van der Waals surface area contributed by atoms with Gasteiger partial charge >= 0.3 is 0 Å². The Balaban J connectivity index is 1.91. The first-order chi connectivity index (χ1) is 9.90. The Kier molecular flexibility index (Phi) is 2.53. The monoisotopic (exact) mass is 262 g/mol. The van der Waals surface area contributed by atoms with Crippen LogP contribution in [0.25, 0.3) is 0 Å². The molecule has 0 aromatic heterocycles. The third-order valence-corrected chi connectivity index (χ3v) is 3.94. The summed E-state index contributed by atoms with van der Waals surface area (Å²) in [6, 6.07) is 18.7. The molecule has 2 atom stereocenters. The number of carbonyl (C=O) groups excluding carboxylic acids is 1. The van der Waals surface area contributed by atoms with Gasteiger partial charge < -0.3 is 4.74 Å². The van der Waals surface area contributed by atoms with Gasteiger partial charge in [-0.1, -0.05) is 36.2 Å². The normalized spacial score (nSPS) is 22.6. The average Bonchev–Trinajstić information content (AvgIpc) is 3.05. The zero-order chi connectivity index (χ0) is 13.5. The van der Waals surface area contributed by atoms with Gasteiger partial charge in [0.15, 0.2) is 0 Å². The van der Waals surface area contributed by atoms with Crippen molar-refractivity contribution in [2.45, 2.75) is 12.2 Å². The highest BCUT2D eigenvalue weighted by Gasteiger charge is 2.46. The van der Waals surface area contributed by atoms with E-state index in [1.165, 1.54) is 22.6 Å². The summed E-state index contributed by atoms with van der Waals surface area (Å²) in [5, 5.41) is 0. The molecule has 2 nitrogen and oxygen atoms in total. The summed E-state index contributed by atoms with van der Waals surface area (Å²) in [4.78, 5) is 0. The van der Waals surface area contributed by atoms with Crippen molar-refractivity contribution in [3.63, 3.8) is 0 Å². The molecule has 2 unspecified atom stereocenters. The van der Waals surface area contributed by atoms with Gasteiger partial charge in [0.1, 0.15) is 6.10 Å². The van der Waals surface area contributed by atoms with Crippen LogP contribution in [0.2, 0.25) is 0 Å². The van der Waals surface area contributed by atoms with Crippen LogP contribution in [0.15, 0.2) is 60.2 Å². The topological polar surface area (TPSA) is 20.5 Å². The van der Waals surface area contributed by atoms with E-state index in [0.717, 1.165) is 5.57 Å². The number of benzene rings is 2. The van der Waals surface area contributed by atoms with Crippen molar-refractivity contribution in [2.75, 3.05) is 7.11 Å². The Morgan fingerprint density at radius 1 is 1.00 bits per heavy atom. The van der Waals surface area contributed by atoms with E-state index in [2.05, 4.69) is 42.3 Å². The van der Waals surface area contributed by atoms with Crippen molar-refractivity contribution in [1.82, 2.24) is 0 Å². The number of fused-ring (bicyclic) bond motifs is 5. The van der Waals surface area contributed by atoms with Gasteiger partial charge in [0.2, 0.25) is 5.94 Å². The standard InChI is InChI=1S/C18H14O2/c1-19-11-15-16(12-7-3-2-4-8-12)18-14-10-6-5-9-13(14)17(15)20-18/h2-10,17-18H,1H3. The largest absolute Gasteiger partial charge is 0.366 e. The van der Waals surface area contributed by atoms with Crippen LogP contribution in [-0.2, 0) is 9.16 Å². The molecule has 20 heavy (non-hydrogen) atoms. The lowest BCUT2D eigenvalue weighted by Crippen LogP contribution is -2.13. The minimum Gasteiger partial charge on any atom is -0.366 e. The molecule has 2 heterocycles. The van der Waals surface area contributed by atoms with Gasteiger partial charge in [-0.2, -0.15) is 0 Å². The van der Waals surface area contributed by atoms with Crippen LogP contribution in [0, 0.1) is 5.92 Å². The van der Waals surface area contributed by atoms with Crippen molar-refractivity contribution in [3.05, 3.63) is 82.8 Å². The van der Waals surface area contributed by atoms with Gasteiger partial charge in [0.25, 0.3) is 7.11 Å². The van der Waals surface area contributed by atoms with Crippen LogP contribution in [0.4, 0.5) is 0 Å². The van der Waals surface area contributed by atoms with Gasteiger partial charge in [-0.25, -0.2) is 0 Å². The summed E-state index contributed by atoms with van der Waals surface area (Å²) in [7, 11) is 1.63. The summed E-state index contributed by atoms with van der Waals surface area (Å²) in [5.41, 5.74) is 4.69. The Hall–Kier alpha value is -2.28. The lowest BCUT2D eigenvalue weighted by atomic mass is 9.77. The van der Waals surface area contributed by atoms with Crippen molar-refractivity contribution in [1.29, 1.82) is 0 Å². The first-order valence-corrected chi connectivity index (χ1v) is 6.73. The smallest absolute Gasteiger partial charge is 0.255 e. The fourth-order valence-corrected chi connectivity index (χ4v) is 3.14. The maximum atomic E-state index is 6.16. The fraction of sp³-hybridized carbons (Fsp3) is 0.167. The van der Waals surface area contributed by atoms with E-state index in [4.69, 9.17) is 9.16 Å². The summed E-state index contributed by atoms with van der Waals surface area (Å²) < 4.78 is 11.3. The van der Waals surface area contributed by atoms with E-state index < -0.39 is 0 Å². The highest BCUT2D eigenvalue weighted by molar-refractivity contribution is 5.72. The van der Waals surface area contributed by atoms with E-state index >= 15 is 0 Å². The molecule has 0 N–H and O–H groups in total. The molecule has 0 aliphatic carbocycles. The van der Waals surface area contributed by atoms with Gasteiger partial charge in [-0.3, -0.25) is 4.42 Å². The Labute approximate surface area is 118 Å². The maximum Gasteiger partial charge on any atom is 0.255 e. The number of ether oxygens (including phenoxy) is 1. The summed E-state index contributed by atoms with van der Waals surface area (Å²) in [6.45, 7) is 0. The number of rotatable bonds is 1. The highest BCUT2D eigenvalue weighted by Crippen LogP contribution is 2.59. The van der Waals surface area contributed by atoms with Crippen molar-refractivity contribution in [2.24, 2.45) is 0 Å². The summed E-state index contributed by atoms with van der Waals surface area (Å²) in [5.74, 6) is 4.20. The first kappa shape index (κ1) is 11.5. The molecule has 2 aliphatic heterocycles. The second-order valence-corrected chi connectivity index (χ2v) is 5.02. The Morgan fingerprint density at radius 3 is 2.45 bits per heavy atom. The molecular formula is C18H14O2. The zero-order valence-corrected chi connectivity index (χ0v) is 11.2. The van der Waals surface area contributed by atoms with E-state index in [0.29, 0.717) is 0 Å². The van der Waals surface area contributed by atoms with Crippen LogP contribution in [0.1, 0.15) is 28.9 Å². The predicted octanol–water partition coefficient (Wildman–Crippen LogP) is 3.36. The average molecular weight is 262 g/mol. The molecule has 0 radical (unpaired) electrons. The van der Waals surface area contributed by atoms with E-state index in [-0.39, 0.29) is 12.2 Å². The van der Waals surface area contributed by atoms with Crippen LogP contribution in [-0.4, -0.2) is 13.1 Å². The van der Waals surface area contributed by atoms with E-state index in [9.17, 15) is 0 Å². The summed E-state index contributed by atoms with van der Waals surface area (Å²) in [6.07, 6.45) is -0.0531. The zero-order valence-electron chi connectivity index (χ0n) is 11.2. The third kappa shape index (κ3) is 1.50. The van der Waals surface area contributed by atoms with E-state index in [1.54, 1.807) is 7.11 Å². The molecule has 2 bridgehead atoms. The molecular weight excluding hydrogens is 248 g/mol. The molecule has 2 aromatic rings. The van der Waals surface area contributed by atoms with Gasteiger partial charge in [-0.05, 0) is 11.1 Å². The van der Waals surface area contributed by atoms with Crippen molar-refractivity contribution < 1.29 is 9.16 Å². The van der Waals surface area contributed by atoms with Crippen LogP contribution in [0.3, 0.4) is 0 Å². The second-order valence-electron chi connectivity index (χ2n) is 5.02. The molecule has 1 fully saturated rings. The minimum absolute atomic E-state index is 0.00347.